The maximum atomic E-state index is 12.9. The van der Waals surface area contributed by atoms with E-state index in [1.54, 1.807) is 6.92 Å². The van der Waals surface area contributed by atoms with E-state index < -0.39 is 16.0 Å². The van der Waals surface area contributed by atoms with E-state index in [2.05, 4.69) is 20.5 Å². The molecule has 0 unspecified atom stereocenters. The number of nitrogens with zero attached hydrogens (tertiary/aromatic N) is 1. The molecule has 1 aromatic heterocycles. The Labute approximate surface area is 167 Å². The Kier molecular flexibility index (Phi) is 4.68. The zero-order chi connectivity index (χ0) is 19.9. The van der Waals surface area contributed by atoms with Crippen LogP contribution in [0, 0.1) is 6.92 Å². The average molecular weight is 415 g/mol. The monoisotopic (exact) mass is 414 g/mol. The number of aryl methyl sites for hydroxylation is 3. The summed E-state index contributed by atoms with van der Waals surface area (Å²) in [5.41, 5.74) is 3.90. The lowest BCUT2D eigenvalue weighted by Crippen LogP contribution is -2.15. The van der Waals surface area contributed by atoms with Gasteiger partial charge in [-0.2, -0.15) is 0 Å². The summed E-state index contributed by atoms with van der Waals surface area (Å²) in [5, 5.41) is 0.346. The van der Waals surface area contributed by atoms with Crippen molar-refractivity contribution >= 4 is 32.5 Å². The van der Waals surface area contributed by atoms with Crippen LogP contribution in [0.3, 0.4) is 0 Å². The third-order valence-corrected chi connectivity index (χ3v) is 7.36. The van der Waals surface area contributed by atoms with Gasteiger partial charge in [-0.15, -0.1) is 11.3 Å². The zero-order valence-electron chi connectivity index (χ0n) is 15.4. The number of nitrogens with one attached hydrogen (secondary N) is 1. The number of anilines is 1. The quantitative estimate of drug-likeness (QED) is 0.656. The number of carbonyl (C=O) groups excluding carboxylic acids is 1. The Balaban J connectivity index is 1.65. The molecule has 0 radical (unpaired) electrons. The van der Waals surface area contributed by atoms with Crippen LogP contribution in [0.1, 0.15) is 26.4 Å². The van der Waals surface area contributed by atoms with Crippen molar-refractivity contribution in [3.8, 4) is 11.3 Å². The Bertz CT molecular complexity index is 1180. The van der Waals surface area contributed by atoms with Gasteiger partial charge in [0.25, 0.3) is 10.0 Å². The van der Waals surface area contributed by atoms with Gasteiger partial charge in [0.05, 0.1) is 23.3 Å². The van der Waals surface area contributed by atoms with Crippen molar-refractivity contribution < 1.29 is 17.9 Å². The fraction of sp³-hybridized carbons (Fsp3) is 0.200. The first kappa shape index (κ1) is 18.6. The van der Waals surface area contributed by atoms with Crippen LogP contribution in [0.2, 0.25) is 0 Å². The van der Waals surface area contributed by atoms with E-state index >= 15 is 0 Å². The molecule has 0 saturated carbocycles. The fourth-order valence-electron chi connectivity index (χ4n) is 3.36. The molecule has 1 aliphatic carbocycles. The molecule has 0 aliphatic heterocycles. The molecule has 1 heterocycles. The Hall–Kier alpha value is -2.71. The van der Waals surface area contributed by atoms with E-state index in [1.807, 2.05) is 18.2 Å². The summed E-state index contributed by atoms with van der Waals surface area (Å²) < 4.78 is 33.0. The van der Waals surface area contributed by atoms with Crippen LogP contribution < -0.4 is 4.72 Å². The van der Waals surface area contributed by atoms with Crippen LogP contribution in [0.25, 0.3) is 11.3 Å². The van der Waals surface area contributed by atoms with Crippen LogP contribution in [0.4, 0.5) is 5.13 Å². The van der Waals surface area contributed by atoms with Gasteiger partial charge in [0.2, 0.25) is 0 Å². The number of sulfonamides is 1. The first-order chi connectivity index (χ1) is 13.4. The SMILES string of the molecule is COC(=O)c1ccc(S(=O)(=O)Nc2nc3c(s2)CCc2ccccc2-3)c(C)c1. The van der Waals surface area contributed by atoms with Crippen molar-refractivity contribution in [3.63, 3.8) is 0 Å². The molecule has 3 aromatic rings. The number of ether oxygens (including phenoxy) is 1. The summed E-state index contributed by atoms with van der Waals surface area (Å²) in [6.45, 7) is 1.64. The molecule has 0 bridgehead atoms. The van der Waals surface area contributed by atoms with Gasteiger partial charge in [0.15, 0.2) is 5.13 Å². The molecule has 28 heavy (non-hydrogen) atoms. The number of esters is 1. The van der Waals surface area contributed by atoms with Gasteiger partial charge in [-0.1, -0.05) is 24.3 Å². The van der Waals surface area contributed by atoms with Crippen molar-refractivity contribution in [1.82, 2.24) is 4.98 Å². The number of hydrogen-bond donors (Lipinski definition) is 1. The summed E-state index contributed by atoms with van der Waals surface area (Å²) >= 11 is 1.36. The van der Waals surface area contributed by atoms with E-state index in [4.69, 9.17) is 0 Å². The molecule has 0 spiro atoms. The average Bonchev–Trinajstić information content (AvgIpc) is 3.09. The second-order valence-electron chi connectivity index (χ2n) is 6.53. The van der Waals surface area contributed by atoms with Gasteiger partial charge < -0.3 is 4.74 Å². The lowest BCUT2D eigenvalue weighted by atomic mass is 9.94. The lowest BCUT2D eigenvalue weighted by molar-refractivity contribution is 0.0600. The lowest BCUT2D eigenvalue weighted by Gasteiger charge is -2.13. The number of carbonyl (C=O) groups is 1. The van der Waals surface area contributed by atoms with Crippen molar-refractivity contribution in [2.24, 2.45) is 0 Å². The molecule has 0 saturated heterocycles. The summed E-state index contributed by atoms with van der Waals surface area (Å²) in [5.74, 6) is -0.508. The van der Waals surface area contributed by atoms with Crippen molar-refractivity contribution in [3.05, 3.63) is 64.0 Å². The van der Waals surface area contributed by atoms with E-state index in [0.29, 0.717) is 16.3 Å². The highest BCUT2D eigenvalue weighted by atomic mass is 32.2. The highest BCUT2D eigenvalue weighted by Gasteiger charge is 2.24. The predicted molar refractivity (Wildman–Crippen MR) is 108 cm³/mol. The summed E-state index contributed by atoms with van der Waals surface area (Å²) in [4.78, 5) is 17.4. The number of hydrogen-bond acceptors (Lipinski definition) is 6. The molecule has 0 fully saturated rings. The van der Waals surface area contributed by atoms with E-state index in [0.717, 1.165) is 29.0 Å². The molecular formula is C20H18N2O4S2. The first-order valence-corrected chi connectivity index (χ1v) is 11.0. The zero-order valence-corrected chi connectivity index (χ0v) is 17.0. The second kappa shape index (κ2) is 7.03. The minimum Gasteiger partial charge on any atom is -0.465 e. The summed E-state index contributed by atoms with van der Waals surface area (Å²) in [6.07, 6.45) is 1.77. The fourth-order valence-corrected chi connectivity index (χ4v) is 5.80. The van der Waals surface area contributed by atoms with Crippen molar-refractivity contribution in [2.75, 3.05) is 11.8 Å². The van der Waals surface area contributed by atoms with Gasteiger partial charge in [-0.3, -0.25) is 4.72 Å². The molecule has 0 atom stereocenters. The number of fused-ring (bicyclic) bond motifs is 3. The molecule has 4 rings (SSSR count). The smallest absolute Gasteiger partial charge is 0.337 e. The summed E-state index contributed by atoms with van der Waals surface area (Å²) in [6, 6.07) is 12.4. The topological polar surface area (TPSA) is 85.4 Å². The number of aromatic nitrogens is 1. The van der Waals surface area contributed by atoms with Gasteiger partial charge in [0.1, 0.15) is 0 Å². The van der Waals surface area contributed by atoms with Gasteiger partial charge in [0, 0.05) is 10.4 Å². The number of rotatable bonds is 4. The highest BCUT2D eigenvalue weighted by Crippen LogP contribution is 2.38. The van der Waals surface area contributed by atoms with Crippen molar-refractivity contribution in [2.45, 2.75) is 24.7 Å². The molecule has 1 aliphatic rings. The Morgan fingerprint density at radius 2 is 1.96 bits per heavy atom. The third kappa shape index (κ3) is 3.29. The second-order valence-corrected chi connectivity index (χ2v) is 9.26. The largest absolute Gasteiger partial charge is 0.465 e. The molecule has 0 amide bonds. The minimum atomic E-state index is -3.82. The van der Waals surface area contributed by atoms with Crippen LogP contribution in [0.5, 0.6) is 0 Å². The van der Waals surface area contributed by atoms with E-state index in [9.17, 15) is 13.2 Å². The van der Waals surface area contributed by atoms with Gasteiger partial charge >= 0.3 is 5.97 Å². The predicted octanol–water partition coefficient (Wildman–Crippen LogP) is 3.80. The van der Waals surface area contributed by atoms with Gasteiger partial charge in [-0.05, 0) is 49.1 Å². The third-order valence-electron chi connectivity index (χ3n) is 4.70. The minimum absolute atomic E-state index is 0.105. The first-order valence-electron chi connectivity index (χ1n) is 8.69. The van der Waals surface area contributed by atoms with E-state index in [1.165, 1.54) is 42.2 Å². The van der Waals surface area contributed by atoms with Gasteiger partial charge in [-0.25, -0.2) is 18.2 Å². The standard InChI is InChI=1S/C20H18N2O4S2/c1-12-11-14(19(23)26-2)8-10-17(12)28(24,25)22-20-21-18-15-6-4-3-5-13(15)7-9-16(18)27-20/h3-6,8,10-11H,7,9H2,1-2H3,(H,21,22). The Morgan fingerprint density at radius 3 is 2.71 bits per heavy atom. The van der Waals surface area contributed by atoms with Crippen LogP contribution in [-0.2, 0) is 27.6 Å². The molecule has 1 N–H and O–H groups in total. The van der Waals surface area contributed by atoms with Crippen molar-refractivity contribution in [1.29, 1.82) is 0 Å². The maximum Gasteiger partial charge on any atom is 0.337 e. The summed E-state index contributed by atoms with van der Waals surface area (Å²) in [7, 11) is -2.54. The van der Waals surface area contributed by atoms with E-state index in [-0.39, 0.29) is 4.90 Å². The molecule has 144 valence electrons. The van der Waals surface area contributed by atoms with Crippen LogP contribution in [-0.4, -0.2) is 26.5 Å². The molecule has 6 nitrogen and oxygen atoms in total. The number of benzene rings is 2. The maximum absolute atomic E-state index is 12.9. The number of thiazole rings is 1. The normalized spacial score (nSPS) is 12.8. The van der Waals surface area contributed by atoms with Crippen LogP contribution in [0.15, 0.2) is 47.4 Å². The molecule has 2 aromatic carbocycles. The molecular weight excluding hydrogens is 396 g/mol. The van der Waals surface area contributed by atoms with Crippen LogP contribution >= 0.6 is 11.3 Å². The Morgan fingerprint density at radius 1 is 1.18 bits per heavy atom. The number of methoxy groups -OCH3 is 1. The molecule has 8 heteroatoms. The highest BCUT2D eigenvalue weighted by molar-refractivity contribution is 7.93.